The minimum absolute atomic E-state index is 0.195. The van der Waals surface area contributed by atoms with E-state index in [1.165, 1.54) is 5.56 Å². The van der Waals surface area contributed by atoms with Crippen LogP contribution in [-0.4, -0.2) is 31.9 Å². The molecule has 2 fully saturated rings. The van der Waals surface area contributed by atoms with E-state index >= 15 is 0 Å². The fourth-order valence-electron chi connectivity index (χ4n) is 2.45. The molecule has 0 aromatic heterocycles. The van der Waals surface area contributed by atoms with E-state index in [2.05, 4.69) is 29.6 Å². The lowest BCUT2D eigenvalue weighted by molar-refractivity contribution is -0.116. The number of hydrogen-bond donors (Lipinski definition) is 1. The van der Waals surface area contributed by atoms with Crippen molar-refractivity contribution < 1.29 is 9.47 Å². The van der Waals surface area contributed by atoms with Gasteiger partial charge >= 0.3 is 0 Å². The fraction of sp³-hybridized carbons (Fsp3) is 0.538. The Kier molecular flexibility index (Phi) is 2.91. The van der Waals surface area contributed by atoms with E-state index in [1.54, 1.807) is 0 Å². The Balaban J connectivity index is 1.71. The highest BCUT2D eigenvalue weighted by molar-refractivity contribution is 5.18. The monoisotopic (exact) mass is 219 g/mol. The normalized spacial score (nSPS) is 34.4. The zero-order valence-electron chi connectivity index (χ0n) is 9.26. The molecule has 86 valence electrons. The van der Waals surface area contributed by atoms with E-state index in [0.29, 0.717) is 12.1 Å². The van der Waals surface area contributed by atoms with Crippen LogP contribution in [0.15, 0.2) is 30.3 Å². The third-order valence-electron chi connectivity index (χ3n) is 3.37. The molecule has 3 atom stereocenters. The second-order valence-electron chi connectivity index (χ2n) is 4.45. The van der Waals surface area contributed by atoms with Crippen LogP contribution in [0.1, 0.15) is 18.1 Å². The van der Waals surface area contributed by atoms with Crippen molar-refractivity contribution in [1.29, 1.82) is 0 Å². The molecule has 1 aromatic carbocycles. The molecule has 0 amide bonds. The van der Waals surface area contributed by atoms with Crippen molar-refractivity contribution >= 4 is 0 Å². The Morgan fingerprint density at radius 2 is 2.06 bits per heavy atom. The van der Waals surface area contributed by atoms with Gasteiger partial charge in [0.25, 0.3) is 0 Å². The van der Waals surface area contributed by atoms with E-state index in [1.807, 2.05) is 6.07 Å². The Hall–Kier alpha value is -0.900. The first-order valence-corrected chi connectivity index (χ1v) is 5.95. The van der Waals surface area contributed by atoms with Crippen LogP contribution >= 0.6 is 0 Å². The summed E-state index contributed by atoms with van der Waals surface area (Å²) in [5.74, 6) is 0. The first kappa shape index (κ1) is 10.3. The number of hydrogen-bond acceptors (Lipinski definition) is 3. The molecule has 0 bridgehead atoms. The van der Waals surface area contributed by atoms with Crippen LogP contribution in [0.2, 0.25) is 0 Å². The van der Waals surface area contributed by atoms with Crippen LogP contribution in [0.3, 0.4) is 0 Å². The molecule has 3 unspecified atom stereocenters. The molecule has 3 heteroatoms. The number of ether oxygens (including phenoxy) is 2. The van der Waals surface area contributed by atoms with Crippen LogP contribution in [0.25, 0.3) is 0 Å². The highest BCUT2D eigenvalue weighted by atomic mass is 16.5. The number of nitrogens with one attached hydrogen (secondary N) is 1. The van der Waals surface area contributed by atoms with Gasteiger partial charge in [-0.3, -0.25) is 0 Å². The first-order valence-electron chi connectivity index (χ1n) is 5.95. The topological polar surface area (TPSA) is 30.5 Å². The van der Waals surface area contributed by atoms with Gasteiger partial charge in [0.15, 0.2) is 0 Å². The molecule has 2 heterocycles. The molecule has 2 aliphatic rings. The summed E-state index contributed by atoms with van der Waals surface area (Å²) in [5.41, 5.74) is 1.26. The quantitative estimate of drug-likeness (QED) is 0.776. The molecular formula is C13H17NO2. The first-order chi connectivity index (χ1) is 7.93. The van der Waals surface area contributed by atoms with Crippen LogP contribution in [0, 0.1) is 0 Å². The van der Waals surface area contributed by atoms with Gasteiger partial charge in [-0.15, -0.1) is 0 Å². The smallest absolute Gasteiger partial charge is 0.0953 e. The Morgan fingerprint density at radius 3 is 2.94 bits per heavy atom. The molecule has 2 aliphatic heterocycles. The van der Waals surface area contributed by atoms with Crippen molar-refractivity contribution in [1.82, 2.24) is 5.32 Å². The molecule has 0 saturated carbocycles. The van der Waals surface area contributed by atoms with Gasteiger partial charge in [0.2, 0.25) is 0 Å². The van der Waals surface area contributed by atoms with Gasteiger partial charge in [-0.25, -0.2) is 0 Å². The lowest BCUT2D eigenvalue weighted by Crippen LogP contribution is -2.54. The third kappa shape index (κ3) is 1.98. The summed E-state index contributed by atoms with van der Waals surface area (Å²) in [6.07, 6.45) is 1.51. The van der Waals surface area contributed by atoms with Crippen molar-refractivity contribution in [2.24, 2.45) is 0 Å². The second-order valence-corrected chi connectivity index (χ2v) is 4.45. The van der Waals surface area contributed by atoms with Gasteiger partial charge < -0.3 is 14.8 Å². The maximum Gasteiger partial charge on any atom is 0.0953 e. The fourth-order valence-corrected chi connectivity index (χ4v) is 2.45. The molecule has 3 rings (SSSR count). The maximum atomic E-state index is 6.13. The second kappa shape index (κ2) is 4.53. The largest absolute Gasteiger partial charge is 0.380 e. The summed E-state index contributed by atoms with van der Waals surface area (Å²) >= 11 is 0. The van der Waals surface area contributed by atoms with E-state index in [0.717, 1.165) is 26.2 Å². The summed E-state index contributed by atoms with van der Waals surface area (Å²) in [6.45, 7) is 2.49. The van der Waals surface area contributed by atoms with Crippen molar-refractivity contribution in [3.8, 4) is 0 Å². The predicted octanol–water partition coefficient (Wildman–Crippen LogP) is 1.50. The van der Waals surface area contributed by atoms with Gasteiger partial charge in [0.1, 0.15) is 0 Å². The zero-order chi connectivity index (χ0) is 10.8. The van der Waals surface area contributed by atoms with Gasteiger partial charge in [0, 0.05) is 13.2 Å². The summed E-state index contributed by atoms with van der Waals surface area (Å²) in [6, 6.07) is 10.8. The lowest BCUT2D eigenvalue weighted by atomic mass is 10.0. The van der Waals surface area contributed by atoms with Gasteiger partial charge in [0.05, 0.1) is 24.9 Å². The minimum Gasteiger partial charge on any atom is -0.380 e. The van der Waals surface area contributed by atoms with Crippen molar-refractivity contribution in [3.05, 3.63) is 35.9 Å². The average Bonchev–Trinajstić information content (AvgIpc) is 2.39. The molecule has 0 spiro atoms. The Labute approximate surface area is 95.8 Å². The summed E-state index contributed by atoms with van der Waals surface area (Å²) in [4.78, 5) is 0. The van der Waals surface area contributed by atoms with Crippen LogP contribution in [0.4, 0.5) is 0 Å². The molecule has 2 saturated heterocycles. The minimum atomic E-state index is 0.195. The van der Waals surface area contributed by atoms with Crippen LogP contribution < -0.4 is 5.32 Å². The standard InChI is InChI=1S/C13H17NO2/c1-2-4-10(5-3-1)13-8-14-11-9-15-7-6-12(11)16-13/h1-5,11-14H,6-9H2. The van der Waals surface area contributed by atoms with E-state index in [-0.39, 0.29) is 6.10 Å². The SMILES string of the molecule is c1ccc(C2CNC3COCCC3O2)cc1. The summed E-state index contributed by atoms with van der Waals surface area (Å²) < 4.78 is 11.6. The van der Waals surface area contributed by atoms with Crippen molar-refractivity contribution in [2.75, 3.05) is 19.8 Å². The van der Waals surface area contributed by atoms with Gasteiger partial charge in [-0.1, -0.05) is 30.3 Å². The van der Waals surface area contributed by atoms with Crippen LogP contribution in [-0.2, 0) is 9.47 Å². The molecular weight excluding hydrogens is 202 g/mol. The van der Waals surface area contributed by atoms with Crippen LogP contribution in [0.5, 0.6) is 0 Å². The Morgan fingerprint density at radius 1 is 1.19 bits per heavy atom. The molecule has 1 aromatic rings. The number of morpholine rings is 1. The number of benzene rings is 1. The summed E-state index contributed by atoms with van der Waals surface area (Å²) in [7, 11) is 0. The Bertz CT molecular complexity index is 341. The van der Waals surface area contributed by atoms with E-state index in [4.69, 9.17) is 9.47 Å². The molecule has 1 N–H and O–H groups in total. The molecule has 3 nitrogen and oxygen atoms in total. The van der Waals surface area contributed by atoms with Crippen molar-refractivity contribution in [3.63, 3.8) is 0 Å². The third-order valence-corrected chi connectivity index (χ3v) is 3.37. The van der Waals surface area contributed by atoms with Gasteiger partial charge in [-0.05, 0) is 12.0 Å². The van der Waals surface area contributed by atoms with E-state index in [9.17, 15) is 0 Å². The number of rotatable bonds is 1. The molecule has 16 heavy (non-hydrogen) atoms. The molecule has 0 radical (unpaired) electrons. The number of fused-ring (bicyclic) bond motifs is 1. The predicted molar refractivity (Wildman–Crippen MR) is 61.3 cm³/mol. The zero-order valence-corrected chi connectivity index (χ0v) is 9.26. The van der Waals surface area contributed by atoms with Crippen molar-refractivity contribution in [2.45, 2.75) is 24.7 Å². The highest BCUT2D eigenvalue weighted by Crippen LogP contribution is 2.26. The summed E-state index contributed by atoms with van der Waals surface area (Å²) in [5, 5.41) is 3.52. The lowest BCUT2D eigenvalue weighted by Gasteiger charge is -2.40. The average molecular weight is 219 g/mol. The van der Waals surface area contributed by atoms with Gasteiger partial charge in [-0.2, -0.15) is 0 Å². The van der Waals surface area contributed by atoms with E-state index < -0.39 is 0 Å². The maximum absolute atomic E-state index is 6.13. The molecule has 0 aliphatic carbocycles. The highest BCUT2D eigenvalue weighted by Gasteiger charge is 2.33.